The summed E-state index contributed by atoms with van der Waals surface area (Å²) in [6.45, 7) is 4.35. The predicted octanol–water partition coefficient (Wildman–Crippen LogP) is 7.76. The lowest BCUT2D eigenvalue weighted by molar-refractivity contribution is 0.923. The fraction of sp³-hybridized carbons (Fsp3) is 0.219. The molecule has 2 atom stereocenters. The van der Waals surface area contributed by atoms with Gasteiger partial charge >= 0.3 is 0 Å². The first kappa shape index (κ1) is 22.2. The van der Waals surface area contributed by atoms with Crippen LogP contribution in [0.4, 0.5) is 5.69 Å². The molecule has 1 aliphatic carbocycles. The van der Waals surface area contributed by atoms with Crippen LogP contribution in [0.2, 0.25) is 0 Å². The van der Waals surface area contributed by atoms with Crippen LogP contribution >= 0.6 is 0 Å². The molecule has 0 spiro atoms. The van der Waals surface area contributed by atoms with E-state index in [0.29, 0.717) is 11.8 Å². The van der Waals surface area contributed by atoms with E-state index in [1.807, 2.05) is 0 Å². The van der Waals surface area contributed by atoms with Crippen molar-refractivity contribution < 1.29 is 0 Å². The van der Waals surface area contributed by atoms with Gasteiger partial charge in [0.25, 0.3) is 0 Å². The molecule has 0 bridgehead atoms. The minimum atomic E-state index is 0.201. The summed E-state index contributed by atoms with van der Waals surface area (Å²) < 4.78 is 0. The number of nitrogens with one attached hydrogen (secondary N) is 1. The maximum Gasteiger partial charge on any atom is 0.133 e. The van der Waals surface area contributed by atoms with E-state index in [-0.39, 0.29) is 6.04 Å². The van der Waals surface area contributed by atoms with Gasteiger partial charge in [-0.2, -0.15) is 0 Å². The number of amidine groups is 1. The Morgan fingerprint density at radius 2 is 1.26 bits per heavy atom. The molecular weight excluding hydrogens is 412 g/mol. The molecule has 0 saturated heterocycles. The van der Waals surface area contributed by atoms with Gasteiger partial charge in [0.15, 0.2) is 0 Å². The lowest BCUT2D eigenvalue weighted by Gasteiger charge is -2.15. The van der Waals surface area contributed by atoms with Crippen molar-refractivity contribution in [3.05, 3.63) is 137 Å². The zero-order valence-corrected chi connectivity index (χ0v) is 20.0. The van der Waals surface area contributed by atoms with Gasteiger partial charge in [-0.3, -0.25) is 4.99 Å². The quantitative estimate of drug-likeness (QED) is 0.229. The normalized spacial score (nSPS) is 19.6. The van der Waals surface area contributed by atoms with Crippen LogP contribution in [0.5, 0.6) is 0 Å². The minimum absolute atomic E-state index is 0.201. The first-order chi connectivity index (χ1) is 16.7. The highest BCUT2D eigenvalue weighted by Gasteiger charge is 2.52. The summed E-state index contributed by atoms with van der Waals surface area (Å²) in [7, 11) is 0. The van der Waals surface area contributed by atoms with Crippen LogP contribution in [0, 0.1) is 6.92 Å². The number of hydrogen-bond acceptors (Lipinski definition) is 1. The number of anilines is 1. The molecule has 2 unspecified atom stereocenters. The summed E-state index contributed by atoms with van der Waals surface area (Å²) in [5.41, 5.74) is 7.59. The predicted molar refractivity (Wildman–Crippen MR) is 144 cm³/mol. The van der Waals surface area contributed by atoms with Gasteiger partial charge in [0, 0.05) is 23.1 Å². The standard InChI is InChI=1S/C32H32N2/c1-3-12-24-13-10-11-18-28(24)33-32(27-21-19-23(2)20-22-27)34-31-29(25-14-6-4-7-15-25)30(31)26-16-8-5-9-17-26/h4-11,13-22,29-31H,3,12H2,1-2H3,(H,33,34). The van der Waals surface area contributed by atoms with Crippen molar-refractivity contribution in [2.24, 2.45) is 4.99 Å². The summed E-state index contributed by atoms with van der Waals surface area (Å²) in [5, 5.41) is 3.73. The fourth-order valence-corrected chi connectivity index (χ4v) is 4.91. The highest BCUT2D eigenvalue weighted by atomic mass is 15.0. The number of rotatable bonds is 7. The topological polar surface area (TPSA) is 24.4 Å². The number of benzene rings is 4. The van der Waals surface area contributed by atoms with Crippen LogP contribution in [0.3, 0.4) is 0 Å². The van der Waals surface area contributed by atoms with Crippen molar-refractivity contribution in [3.63, 3.8) is 0 Å². The maximum atomic E-state index is 5.41. The van der Waals surface area contributed by atoms with Crippen molar-refractivity contribution in [3.8, 4) is 0 Å². The molecular formula is C32H32N2. The van der Waals surface area contributed by atoms with Gasteiger partial charge in [-0.05, 0) is 36.1 Å². The molecule has 5 rings (SSSR count). The van der Waals surface area contributed by atoms with Crippen LogP contribution in [0.15, 0.2) is 114 Å². The molecule has 1 saturated carbocycles. The Kier molecular flexibility index (Phi) is 6.58. The molecule has 4 aromatic carbocycles. The second-order valence-electron chi connectivity index (χ2n) is 9.24. The third-order valence-corrected chi connectivity index (χ3v) is 6.74. The molecule has 4 aromatic rings. The van der Waals surface area contributed by atoms with E-state index in [9.17, 15) is 0 Å². The van der Waals surface area contributed by atoms with Gasteiger partial charge < -0.3 is 5.32 Å². The van der Waals surface area contributed by atoms with Crippen molar-refractivity contribution in [2.75, 3.05) is 5.32 Å². The molecule has 0 amide bonds. The molecule has 2 heteroatoms. The average molecular weight is 445 g/mol. The number of aliphatic imine (C=N–C) groups is 1. The molecule has 170 valence electrons. The van der Waals surface area contributed by atoms with Crippen LogP contribution in [-0.4, -0.2) is 11.9 Å². The lowest BCUT2D eigenvalue weighted by Crippen LogP contribution is -2.16. The SMILES string of the molecule is CCCc1ccccc1NC(=NC1C(c2ccccc2)C1c1ccccc1)c1ccc(C)cc1. The van der Waals surface area contributed by atoms with Crippen molar-refractivity contribution in [1.82, 2.24) is 0 Å². The Morgan fingerprint density at radius 1 is 0.706 bits per heavy atom. The number of aryl methyl sites for hydroxylation is 2. The second kappa shape index (κ2) is 10.1. The summed E-state index contributed by atoms with van der Waals surface area (Å²) in [4.78, 5) is 5.41. The summed E-state index contributed by atoms with van der Waals surface area (Å²) >= 11 is 0. The van der Waals surface area contributed by atoms with Crippen molar-refractivity contribution >= 4 is 11.5 Å². The maximum absolute atomic E-state index is 5.41. The summed E-state index contributed by atoms with van der Waals surface area (Å²) in [5.74, 6) is 1.72. The van der Waals surface area contributed by atoms with Gasteiger partial charge in [0.05, 0.1) is 6.04 Å². The van der Waals surface area contributed by atoms with Crippen LogP contribution in [0.25, 0.3) is 0 Å². The smallest absolute Gasteiger partial charge is 0.133 e. The third kappa shape index (κ3) is 4.82. The highest BCUT2D eigenvalue weighted by molar-refractivity contribution is 6.08. The Hall–Kier alpha value is -3.65. The first-order valence-corrected chi connectivity index (χ1v) is 12.3. The molecule has 0 radical (unpaired) electrons. The summed E-state index contributed by atoms with van der Waals surface area (Å²) in [6.07, 6.45) is 2.16. The largest absolute Gasteiger partial charge is 0.340 e. The zero-order valence-electron chi connectivity index (χ0n) is 20.0. The Balaban J connectivity index is 1.55. The Bertz CT molecular complexity index is 1200. The van der Waals surface area contributed by atoms with E-state index in [0.717, 1.165) is 29.9 Å². The Morgan fingerprint density at radius 3 is 1.85 bits per heavy atom. The van der Waals surface area contributed by atoms with Crippen molar-refractivity contribution in [2.45, 2.75) is 44.6 Å². The van der Waals surface area contributed by atoms with E-state index in [2.05, 4.69) is 128 Å². The van der Waals surface area contributed by atoms with Crippen molar-refractivity contribution in [1.29, 1.82) is 0 Å². The molecule has 1 N–H and O–H groups in total. The molecule has 0 aliphatic heterocycles. The van der Waals surface area contributed by atoms with Crippen LogP contribution in [-0.2, 0) is 6.42 Å². The van der Waals surface area contributed by atoms with Crippen LogP contribution < -0.4 is 5.32 Å². The monoisotopic (exact) mass is 444 g/mol. The second-order valence-corrected chi connectivity index (χ2v) is 9.24. The van der Waals surface area contributed by atoms with Gasteiger partial charge in [-0.25, -0.2) is 0 Å². The van der Waals surface area contributed by atoms with E-state index in [1.165, 1.54) is 22.3 Å². The highest BCUT2D eigenvalue weighted by Crippen LogP contribution is 2.57. The number of nitrogens with zero attached hydrogens (tertiary/aromatic N) is 1. The molecule has 34 heavy (non-hydrogen) atoms. The van der Waals surface area contributed by atoms with E-state index >= 15 is 0 Å². The van der Waals surface area contributed by atoms with Gasteiger partial charge in [-0.15, -0.1) is 0 Å². The lowest BCUT2D eigenvalue weighted by atomic mass is 10.0. The van der Waals surface area contributed by atoms with E-state index in [1.54, 1.807) is 0 Å². The molecule has 0 heterocycles. The van der Waals surface area contributed by atoms with Gasteiger partial charge in [0.2, 0.25) is 0 Å². The van der Waals surface area contributed by atoms with E-state index < -0.39 is 0 Å². The molecule has 1 fully saturated rings. The first-order valence-electron chi connectivity index (χ1n) is 12.3. The van der Waals surface area contributed by atoms with E-state index in [4.69, 9.17) is 4.99 Å². The number of para-hydroxylation sites is 1. The average Bonchev–Trinajstić information content (AvgIpc) is 3.60. The minimum Gasteiger partial charge on any atom is -0.340 e. The fourth-order valence-electron chi connectivity index (χ4n) is 4.91. The summed E-state index contributed by atoms with van der Waals surface area (Å²) in [6, 6.07) is 39.2. The Labute approximate surface area is 203 Å². The molecule has 2 nitrogen and oxygen atoms in total. The molecule has 0 aromatic heterocycles. The van der Waals surface area contributed by atoms with Gasteiger partial charge in [-0.1, -0.05) is 122 Å². The number of hydrogen-bond donors (Lipinski definition) is 1. The van der Waals surface area contributed by atoms with Gasteiger partial charge in [0.1, 0.15) is 5.84 Å². The third-order valence-electron chi connectivity index (χ3n) is 6.74. The van der Waals surface area contributed by atoms with Crippen LogP contribution in [0.1, 0.15) is 53.0 Å². The molecule has 1 aliphatic rings. The zero-order chi connectivity index (χ0) is 23.3.